The van der Waals surface area contributed by atoms with Gasteiger partial charge in [0.15, 0.2) is 4.80 Å². The number of rotatable bonds is 4. The van der Waals surface area contributed by atoms with E-state index in [0.29, 0.717) is 31.4 Å². The van der Waals surface area contributed by atoms with E-state index in [1.54, 1.807) is 41.0 Å². The van der Waals surface area contributed by atoms with Gasteiger partial charge in [0.2, 0.25) is 0 Å². The van der Waals surface area contributed by atoms with Crippen LogP contribution in [0.3, 0.4) is 0 Å². The van der Waals surface area contributed by atoms with Crippen LogP contribution in [-0.4, -0.2) is 15.6 Å². The van der Waals surface area contributed by atoms with Crippen LogP contribution in [0.1, 0.15) is 45.3 Å². The predicted octanol–water partition coefficient (Wildman–Crippen LogP) is 5.93. The zero-order chi connectivity index (χ0) is 27.4. The van der Waals surface area contributed by atoms with Crippen molar-refractivity contribution in [2.24, 2.45) is 4.99 Å². The number of hydrogen-bond acceptors (Lipinski definition) is 5. The monoisotopic (exact) mass is 564 g/mol. The summed E-state index contributed by atoms with van der Waals surface area (Å²) in [5, 5.41) is 9.96. The Morgan fingerprint density at radius 2 is 1.85 bits per heavy atom. The van der Waals surface area contributed by atoms with Crippen LogP contribution in [0, 0.1) is 0 Å². The minimum absolute atomic E-state index is 0.139. The summed E-state index contributed by atoms with van der Waals surface area (Å²) in [6.07, 6.45) is 3.42. The first-order valence-corrected chi connectivity index (χ1v) is 14.0. The summed E-state index contributed by atoms with van der Waals surface area (Å²) in [5.74, 6) is 0.0154. The van der Waals surface area contributed by atoms with E-state index in [2.05, 4.69) is 12.1 Å². The van der Waals surface area contributed by atoms with Crippen LogP contribution in [0.4, 0.5) is 0 Å². The number of carboxylic acids is 1. The molecule has 0 amide bonds. The maximum Gasteiger partial charge on any atom is 0.335 e. The molecule has 2 aliphatic rings. The van der Waals surface area contributed by atoms with Gasteiger partial charge in [-0.2, -0.15) is 0 Å². The SMILES string of the molecule is O=C(O)c1cccc(-c2ccc(C=c3sc4n(c3=O)C(c3ccc(Cl)cc3)C3=C(N=4)c4ccccc4CC3)o2)c1. The quantitative estimate of drug-likeness (QED) is 0.293. The molecule has 1 aliphatic heterocycles. The molecule has 1 N–H and O–H groups in total. The molecule has 0 saturated carbocycles. The van der Waals surface area contributed by atoms with Crippen LogP contribution in [0.2, 0.25) is 5.02 Å². The van der Waals surface area contributed by atoms with Crippen molar-refractivity contribution in [3.05, 3.63) is 143 Å². The Morgan fingerprint density at radius 1 is 1.02 bits per heavy atom. The van der Waals surface area contributed by atoms with Gasteiger partial charge in [-0.1, -0.05) is 71.5 Å². The van der Waals surface area contributed by atoms with Crippen LogP contribution >= 0.6 is 22.9 Å². The zero-order valence-electron chi connectivity index (χ0n) is 21.0. The fraction of sp³-hybridized carbons (Fsp3) is 0.0938. The number of aromatic carboxylic acids is 1. The van der Waals surface area contributed by atoms with Crippen LogP contribution in [0.5, 0.6) is 0 Å². The predicted molar refractivity (Wildman–Crippen MR) is 155 cm³/mol. The summed E-state index contributed by atoms with van der Waals surface area (Å²) in [6.45, 7) is 0. The molecule has 0 bridgehead atoms. The van der Waals surface area contributed by atoms with Crippen molar-refractivity contribution >= 4 is 40.7 Å². The molecule has 40 heavy (non-hydrogen) atoms. The molecule has 0 fully saturated rings. The van der Waals surface area contributed by atoms with Gasteiger partial charge in [-0.15, -0.1) is 0 Å². The average molecular weight is 565 g/mol. The lowest BCUT2D eigenvalue weighted by atomic mass is 9.83. The van der Waals surface area contributed by atoms with Gasteiger partial charge in [0.05, 0.1) is 21.8 Å². The Morgan fingerprint density at radius 3 is 2.67 bits per heavy atom. The maximum absolute atomic E-state index is 13.9. The Balaban J connectivity index is 1.37. The standard InChI is InChI=1S/C32H21ClN2O4S/c33-22-11-8-19(9-12-22)29-25-14-10-18-4-1-2-7-24(18)28(25)34-32-35(29)30(36)27(40-32)17-23-13-15-26(39-23)20-5-3-6-21(16-20)31(37)38/h1-9,11-13,15-17,29H,10,14H2,(H,37,38). The normalized spacial score (nSPS) is 16.2. The van der Waals surface area contributed by atoms with E-state index >= 15 is 0 Å². The highest BCUT2D eigenvalue weighted by molar-refractivity contribution is 7.07. The molecule has 1 atom stereocenters. The van der Waals surface area contributed by atoms with Gasteiger partial charge in [-0.25, -0.2) is 9.79 Å². The third-order valence-corrected chi connectivity index (χ3v) is 8.59. The Hall–Kier alpha value is -4.46. The van der Waals surface area contributed by atoms with Crippen molar-refractivity contribution in [2.45, 2.75) is 18.9 Å². The molecule has 196 valence electrons. The van der Waals surface area contributed by atoms with Crippen molar-refractivity contribution < 1.29 is 14.3 Å². The second-order valence-corrected chi connectivity index (χ2v) is 11.2. The van der Waals surface area contributed by atoms with E-state index in [0.717, 1.165) is 35.2 Å². The summed E-state index contributed by atoms with van der Waals surface area (Å²) in [5.41, 5.74) is 6.10. The molecule has 1 aliphatic carbocycles. The fourth-order valence-corrected chi connectivity index (χ4v) is 6.59. The number of carboxylic acid groups (broad SMARTS) is 1. The molecule has 3 heterocycles. The Labute approximate surface area is 237 Å². The molecular weight excluding hydrogens is 544 g/mol. The summed E-state index contributed by atoms with van der Waals surface area (Å²) < 4.78 is 8.31. The molecule has 3 aromatic carbocycles. The third-order valence-electron chi connectivity index (χ3n) is 7.35. The largest absolute Gasteiger partial charge is 0.478 e. The van der Waals surface area contributed by atoms with E-state index in [4.69, 9.17) is 21.0 Å². The van der Waals surface area contributed by atoms with Gasteiger partial charge in [0.25, 0.3) is 5.56 Å². The lowest BCUT2D eigenvalue weighted by molar-refractivity contribution is 0.0697. The molecule has 7 rings (SSSR count). The number of aryl methyl sites for hydroxylation is 1. The summed E-state index contributed by atoms with van der Waals surface area (Å²) in [4.78, 5) is 31.0. The number of aromatic nitrogens is 1. The highest BCUT2D eigenvalue weighted by atomic mass is 35.5. The first kappa shape index (κ1) is 24.6. The maximum atomic E-state index is 13.9. The minimum Gasteiger partial charge on any atom is -0.478 e. The second-order valence-electron chi connectivity index (χ2n) is 9.75. The van der Waals surface area contributed by atoms with Crippen molar-refractivity contribution in [2.75, 3.05) is 0 Å². The number of thiazole rings is 1. The fourth-order valence-electron chi connectivity index (χ4n) is 5.49. The van der Waals surface area contributed by atoms with Crippen LogP contribution in [-0.2, 0) is 6.42 Å². The number of halogens is 1. The van der Waals surface area contributed by atoms with E-state index in [9.17, 15) is 14.7 Å². The van der Waals surface area contributed by atoms with E-state index in [-0.39, 0.29) is 17.2 Å². The van der Waals surface area contributed by atoms with Crippen LogP contribution in [0.25, 0.3) is 23.1 Å². The first-order valence-electron chi connectivity index (χ1n) is 12.8. The first-order chi connectivity index (χ1) is 19.5. The highest BCUT2D eigenvalue weighted by Crippen LogP contribution is 2.41. The summed E-state index contributed by atoms with van der Waals surface area (Å²) in [6, 6.07) is 25.8. The molecule has 8 heteroatoms. The van der Waals surface area contributed by atoms with Gasteiger partial charge in [0.1, 0.15) is 11.5 Å². The van der Waals surface area contributed by atoms with E-state index in [1.807, 2.05) is 36.4 Å². The average Bonchev–Trinajstić information content (AvgIpc) is 3.57. The van der Waals surface area contributed by atoms with Crippen molar-refractivity contribution in [3.8, 4) is 11.3 Å². The lowest BCUT2D eigenvalue weighted by Crippen LogP contribution is -2.38. The number of benzene rings is 3. The summed E-state index contributed by atoms with van der Waals surface area (Å²) >= 11 is 7.54. The second kappa shape index (κ2) is 9.62. The minimum atomic E-state index is -1.00. The molecule has 6 nitrogen and oxygen atoms in total. The Bertz CT molecular complexity index is 2030. The Kier molecular flexibility index (Phi) is 5.91. The third kappa shape index (κ3) is 4.15. The van der Waals surface area contributed by atoms with E-state index < -0.39 is 5.97 Å². The number of fused-ring (bicyclic) bond motifs is 3. The molecule has 0 saturated heterocycles. The van der Waals surface area contributed by atoms with Gasteiger partial charge < -0.3 is 9.52 Å². The van der Waals surface area contributed by atoms with Gasteiger partial charge in [-0.3, -0.25) is 9.36 Å². The van der Waals surface area contributed by atoms with E-state index in [1.165, 1.54) is 23.0 Å². The summed E-state index contributed by atoms with van der Waals surface area (Å²) in [7, 11) is 0. The topological polar surface area (TPSA) is 84.8 Å². The number of nitrogens with zero attached hydrogens (tertiary/aromatic N) is 2. The molecule has 5 aromatic rings. The zero-order valence-corrected chi connectivity index (χ0v) is 22.6. The highest BCUT2D eigenvalue weighted by Gasteiger charge is 2.32. The molecule has 0 radical (unpaired) electrons. The van der Waals surface area contributed by atoms with Gasteiger partial charge in [0, 0.05) is 22.2 Å². The van der Waals surface area contributed by atoms with Crippen molar-refractivity contribution in [3.63, 3.8) is 0 Å². The smallest absolute Gasteiger partial charge is 0.335 e. The molecule has 1 unspecified atom stereocenters. The van der Waals surface area contributed by atoms with Crippen molar-refractivity contribution in [1.29, 1.82) is 0 Å². The number of furan rings is 1. The molecular formula is C32H21ClN2O4S. The molecule has 2 aromatic heterocycles. The van der Waals surface area contributed by atoms with Crippen molar-refractivity contribution in [1.82, 2.24) is 4.57 Å². The van der Waals surface area contributed by atoms with Crippen LogP contribution in [0.15, 0.2) is 105 Å². The number of allylic oxidation sites excluding steroid dienone is 1. The number of carbonyl (C=O) groups is 1. The lowest BCUT2D eigenvalue weighted by Gasteiger charge is -2.30. The van der Waals surface area contributed by atoms with Crippen LogP contribution < -0.4 is 14.9 Å². The van der Waals surface area contributed by atoms with Gasteiger partial charge in [-0.05, 0) is 65.9 Å². The number of hydrogen-bond donors (Lipinski definition) is 1. The van der Waals surface area contributed by atoms with Gasteiger partial charge >= 0.3 is 5.97 Å². The molecule has 0 spiro atoms.